The molecule has 0 aliphatic rings. The molecule has 0 saturated carbocycles. The minimum atomic E-state index is -3.41. The molecule has 1 aromatic carbocycles. The molecule has 0 fully saturated rings. The number of benzene rings is 1. The Kier molecular flexibility index (Phi) is 4.63. The summed E-state index contributed by atoms with van der Waals surface area (Å²) in [4.78, 5) is 0.297. The molecule has 1 rings (SSSR count). The number of ether oxygens (including phenoxy) is 1. The standard InChI is InChI=1S/C14H23NO3S/c1-7-18-13-9-8-11(19(16,17)15(5)6)10-12(13)14(2,3)4/h8-10H,7H2,1-6H3. The monoisotopic (exact) mass is 285 g/mol. The third-order valence-electron chi connectivity index (χ3n) is 2.84. The molecule has 0 radical (unpaired) electrons. The Balaban J connectivity index is 3.43. The van der Waals surface area contributed by atoms with E-state index in [2.05, 4.69) is 0 Å². The molecule has 0 unspecified atom stereocenters. The van der Waals surface area contributed by atoms with Crippen molar-refractivity contribution in [2.75, 3.05) is 20.7 Å². The van der Waals surface area contributed by atoms with Crippen molar-refractivity contribution >= 4 is 10.0 Å². The lowest BCUT2D eigenvalue weighted by Crippen LogP contribution is -2.23. The van der Waals surface area contributed by atoms with Gasteiger partial charge in [0, 0.05) is 19.7 Å². The lowest BCUT2D eigenvalue weighted by atomic mass is 9.86. The molecule has 0 heterocycles. The summed E-state index contributed by atoms with van der Waals surface area (Å²) >= 11 is 0. The Labute approximate surface area is 116 Å². The van der Waals surface area contributed by atoms with Gasteiger partial charge in [-0.25, -0.2) is 12.7 Å². The molecular formula is C14H23NO3S. The van der Waals surface area contributed by atoms with Gasteiger partial charge in [0.25, 0.3) is 0 Å². The summed E-state index contributed by atoms with van der Waals surface area (Å²) in [5.74, 6) is 0.743. The average Bonchev–Trinajstić information content (AvgIpc) is 2.28. The van der Waals surface area contributed by atoms with Crippen molar-refractivity contribution in [1.82, 2.24) is 4.31 Å². The van der Waals surface area contributed by atoms with Gasteiger partial charge in [0.15, 0.2) is 0 Å². The quantitative estimate of drug-likeness (QED) is 0.854. The molecule has 0 aromatic heterocycles. The van der Waals surface area contributed by atoms with E-state index < -0.39 is 10.0 Å². The summed E-state index contributed by atoms with van der Waals surface area (Å²) in [6.07, 6.45) is 0. The summed E-state index contributed by atoms with van der Waals surface area (Å²) < 4.78 is 31.1. The van der Waals surface area contributed by atoms with Crippen LogP contribution in [0, 0.1) is 0 Å². The topological polar surface area (TPSA) is 46.6 Å². The van der Waals surface area contributed by atoms with Crippen LogP contribution in [0.4, 0.5) is 0 Å². The second-order valence-corrected chi connectivity index (χ2v) is 7.78. The van der Waals surface area contributed by atoms with Crippen LogP contribution < -0.4 is 4.74 Å². The van der Waals surface area contributed by atoms with Gasteiger partial charge in [0.05, 0.1) is 11.5 Å². The number of hydrogen-bond donors (Lipinski definition) is 0. The van der Waals surface area contributed by atoms with E-state index in [1.54, 1.807) is 18.2 Å². The van der Waals surface area contributed by atoms with E-state index >= 15 is 0 Å². The molecule has 1 aromatic rings. The van der Waals surface area contributed by atoms with Crippen LogP contribution in [0.3, 0.4) is 0 Å². The Bertz CT molecular complexity index is 542. The first-order valence-electron chi connectivity index (χ1n) is 6.30. The predicted octanol–water partition coefficient (Wildman–Crippen LogP) is 2.63. The van der Waals surface area contributed by atoms with Gasteiger partial charge in [-0.3, -0.25) is 0 Å². The van der Waals surface area contributed by atoms with Gasteiger partial charge in [-0.2, -0.15) is 0 Å². The van der Waals surface area contributed by atoms with Gasteiger partial charge in [0.2, 0.25) is 10.0 Å². The lowest BCUT2D eigenvalue weighted by Gasteiger charge is -2.24. The predicted molar refractivity (Wildman–Crippen MR) is 77.2 cm³/mol. The zero-order valence-corrected chi connectivity index (χ0v) is 13.3. The average molecular weight is 285 g/mol. The summed E-state index contributed by atoms with van der Waals surface area (Å²) in [5.41, 5.74) is 0.722. The highest BCUT2D eigenvalue weighted by Crippen LogP contribution is 2.33. The Morgan fingerprint density at radius 1 is 1.21 bits per heavy atom. The molecular weight excluding hydrogens is 262 g/mol. The third-order valence-corrected chi connectivity index (χ3v) is 4.65. The molecule has 0 bridgehead atoms. The van der Waals surface area contributed by atoms with Gasteiger partial charge >= 0.3 is 0 Å². The molecule has 0 aliphatic heterocycles. The Hall–Kier alpha value is -1.07. The van der Waals surface area contributed by atoms with Crippen LogP contribution in [0.25, 0.3) is 0 Å². The van der Waals surface area contributed by atoms with Crippen LogP contribution in [-0.4, -0.2) is 33.4 Å². The fraction of sp³-hybridized carbons (Fsp3) is 0.571. The molecule has 0 amide bonds. The highest BCUT2D eigenvalue weighted by atomic mass is 32.2. The van der Waals surface area contributed by atoms with Crippen molar-refractivity contribution in [2.45, 2.75) is 38.0 Å². The molecule has 0 saturated heterocycles. The van der Waals surface area contributed by atoms with Gasteiger partial charge in [-0.15, -0.1) is 0 Å². The van der Waals surface area contributed by atoms with E-state index in [1.807, 2.05) is 27.7 Å². The Morgan fingerprint density at radius 3 is 2.21 bits per heavy atom. The van der Waals surface area contributed by atoms with Crippen LogP contribution in [0.2, 0.25) is 0 Å². The molecule has 5 heteroatoms. The van der Waals surface area contributed by atoms with E-state index in [-0.39, 0.29) is 5.41 Å². The van der Waals surface area contributed by atoms with E-state index in [1.165, 1.54) is 18.4 Å². The summed E-state index contributed by atoms with van der Waals surface area (Å²) in [6, 6.07) is 5.04. The molecule has 0 atom stereocenters. The van der Waals surface area contributed by atoms with Crippen LogP contribution in [0.15, 0.2) is 23.1 Å². The van der Waals surface area contributed by atoms with Crippen LogP contribution >= 0.6 is 0 Å². The van der Waals surface area contributed by atoms with E-state index in [0.29, 0.717) is 11.5 Å². The van der Waals surface area contributed by atoms with Crippen molar-refractivity contribution in [1.29, 1.82) is 0 Å². The maximum atomic E-state index is 12.2. The van der Waals surface area contributed by atoms with Crippen molar-refractivity contribution in [3.05, 3.63) is 23.8 Å². The summed E-state index contributed by atoms with van der Waals surface area (Å²) in [6.45, 7) is 8.59. The minimum absolute atomic E-state index is 0.178. The second kappa shape index (κ2) is 5.51. The van der Waals surface area contributed by atoms with Crippen LogP contribution in [0.5, 0.6) is 5.75 Å². The number of hydrogen-bond acceptors (Lipinski definition) is 3. The fourth-order valence-corrected chi connectivity index (χ4v) is 2.68. The van der Waals surface area contributed by atoms with Crippen LogP contribution in [-0.2, 0) is 15.4 Å². The summed E-state index contributed by atoms with van der Waals surface area (Å²) in [5, 5.41) is 0. The largest absolute Gasteiger partial charge is 0.494 e. The van der Waals surface area contributed by atoms with Gasteiger partial charge in [-0.05, 0) is 30.5 Å². The number of rotatable bonds is 4. The van der Waals surface area contributed by atoms with E-state index in [9.17, 15) is 8.42 Å². The van der Waals surface area contributed by atoms with Crippen molar-refractivity contribution in [3.63, 3.8) is 0 Å². The molecule has 19 heavy (non-hydrogen) atoms. The first-order chi connectivity index (χ1) is 8.60. The third kappa shape index (κ3) is 3.48. The Morgan fingerprint density at radius 2 is 1.79 bits per heavy atom. The second-order valence-electron chi connectivity index (χ2n) is 5.63. The van der Waals surface area contributed by atoms with Gasteiger partial charge in [-0.1, -0.05) is 20.8 Å². The first kappa shape index (κ1) is 16.0. The minimum Gasteiger partial charge on any atom is -0.494 e. The molecule has 0 aliphatic carbocycles. The SMILES string of the molecule is CCOc1ccc(S(=O)(=O)N(C)C)cc1C(C)(C)C. The first-order valence-corrected chi connectivity index (χ1v) is 7.74. The maximum absolute atomic E-state index is 12.2. The smallest absolute Gasteiger partial charge is 0.242 e. The van der Waals surface area contributed by atoms with Crippen molar-refractivity contribution < 1.29 is 13.2 Å². The highest BCUT2D eigenvalue weighted by molar-refractivity contribution is 7.89. The normalized spacial score (nSPS) is 12.8. The van der Waals surface area contributed by atoms with Gasteiger partial charge < -0.3 is 4.74 Å². The molecule has 0 spiro atoms. The number of sulfonamides is 1. The maximum Gasteiger partial charge on any atom is 0.242 e. The fourth-order valence-electron chi connectivity index (χ4n) is 1.75. The zero-order valence-electron chi connectivity index (χ0n) is 12.5. The van der Waals surface area contributed by atoms with E-state index in [4.69, 9.17) is 4.74 Å². The van der Waals surface area contributed by atoms with E-state index in [0.717, 1.165) is 11.3 Å². The summed E-state index contributed by atoms with van der Waals surface area (Å²) in [7, 11) is -0.353. The van der Waals surface area contributed by atoms with Crippen LogP contribution in [0.1, 0.15) is 33.3 Å². The molecule has 0 N–H and O–H groups in total. The highest BCUT2D eigenvalue weighted by Gasteiger charge is 2.24. The van der Waals surface area contributed by atoms with Crippen molar-refractivity contribution in [3.8, 4) is 5.75 Å². The van der Waals surface area contributed by atoms with Gasteiger partial charge in [0.1, 0.15) is 5.75 Å². The lowest BCUT2D eigenvalue weighted by molar-refractivity contribution is 0.329. The zero-order chi connectivity index (χ0) is 14.8. The number of nitrogens with zero attached hydrogens (tertiary/aromatic N) is 1. The van der Waals surface area contributed by atoms with Crippen molar-refractivity contribution in [2.24, 2.45) is 0 Å². The molecule has 4 nitrogen and oxygen atoms in total. The molecule has 108 valence electrons.